The van der Waals surface area contributed by atoms with Crippen LogP contribution in [0, 0.1) is 5.92 Å². The number of carbonyl (C=O) groups excluding carboxylic acids is 1. The van der Waals surface area contributed by atoms with Crippen LogP contribution < -0.4 is 15.4 Å². The topological polar surface area (TPSA) is 75.8 Å². The number of rotatable bonds is 4. The van der Waals surface area contributed by atoms with E-state index in [1.165, 1.54) is 12.8 Å². The number of nitrogens with two attached hydrogens (primary N) is 1. The Bertz CT molecular complexity index is 499. The van der Waals surface area contributed by atoms with Gasteiger partial charge in [-0.05, 0) is 36.5 Å². The van der Waals surface area contributed by atoms with Crippen LogP contribution in [0.3, 0.4) is 0 Å². The van der Waals surface area contributed by atoms with E-state index >= 15 is 0 Å². The Morgan fingerprint density at radius 2 is 2.26 bits per heavy atom. The highest BCUT2D eigenvalue weighted by Crippen LogP contribution is 2.42. The Labute approximate surface area is 112 Å². The van der Waals surface area contributed by atoms with Gasteiger partial charge in [-0.1, -0.05) is 6.07 Å². The van der Waals surface area contributed by atoms with Crippen LogP contribution in [-0.4, -0.2) is 30.8 Å². The molecule has 1 heterocycles. The Kier molecular flexibility index (Phi) is 3.16. The molecule has 1 fully saturated rings. The molecule has 5 nitrogen and oxygen atoms in total. The number of anilines is 1. The van der Waals surface area contributed by atoms with Crippen molar-refractivity contribution in [2.45, 2.75) is 18.9 Å². The molecule has 3 N–H and O–H groups in total. The van der Waals surface area contributed by atoms with Crippen molar-refractivity contribution in [2.24, 2.45) is 11.7 Å². The van der Waals surface area contributed by atoms with Gasteiger partial charge in [0.15, 0.2) is 6.61 Å². The van der Waals surface area contributed by atoms with Crippen molar-refractivity contribution in [3.63, 3.8) is 0 Å². The molecule has 19 heavy (non-hydrogen) atoms. The summed E-state index contributed by atoms with van der Waals surface area (Å²) >= 11 is 0. The smallest absolute Gasteiger partial charge is 0.265 e. The minimum absolute atomic E-state index is 0.0262. The second-order valence-corrected chi connectivity index (χ2v) is 5.15. The molecule has 1 aromatic rings. The Morgan fingerprint density at radius 1 is 1.47 bits per heavy atom. The number of amides is 1. The van der Waals surface area contributed by atoms with Crippen LogP contribution in [0.2, 0.25) is 0 Å². The zero-order valence-corrected chi connectivity index (χ0v) is 10.7. The van der Waals surface area contributed by atoms with Crippen molar-refractivity contribution in [1.29, 1.82) is 0 Å². The highest BCUT2D eigenvalue weighted by molar-refractivity contribution is 5.97. The molecule has 102 valence electrons. The van der Waals surface area contributed by atoms with Crippen LogP contribution in [0.5, 0.6) is 5.75 Å². The number of nitrogens with zero attached hydrogens (tertiary/aromatic N) is 1. The molecule has 1 aliphatic heterocycles. The fraction of sp³-hybridized carbons (Fsp3) is 0.500. The standard InChI is InChI=1S/C14H18N2O3/c15-14(9-1-2-9)10-3-4-12-11(7-10)16(5-6-17)13(18)8-19-12/h3-4,7,9,14,17H,1-2,5-6,8,15H2. The molecule has 0 saturated heterocycles. The van der Waals surface area contributed by atoms with E-state index in [4.69, 9.17) is 15.6 Å². The number of β-amino-alcohol motifs (C(OH)–C–C–N with tert-alkyl or cyclic N) is 1. The van der Waals surface area contributed by atoms with E-state index in [-0.39, 0.29) is 31.7 Å². The molecule has 0 bridgehead atoms. The average molecular weight is 262 g/mol. The van der Waals surface area contributed by atoms with E-state index in [9.17, 15) is 4.79 Å². The lowest BCUT2D eigenvalue weighted by molar-refractivity contribution is -0.121. The quantitative estimate of drug-likeness (QED) is 0.842. The highest BCUT2D eigenvalue weighted by atomic mass is 16.5. The summed E-state index contributed by atoms with van der Waals surface area (Å²) in [7, 11) is 0. The van der Waals surface area contributed by atoms with Crippen LogP contribution in [0.4, 0.5) is 5.69 Å². The molecular weight excluding hydrogens is 244 g/mol. The SMILES string of the molecule is NC(c1ccc2c(c1)N(CCO)C(=O)CO2)C1CC1. The maximum atomic E-state index is 11.8. The monoisotopic (exact) mass is 262 g/mol. The van der Waals surface area contributed by atoms with Crippen LogP contribution >= 0.6 is 0 Å². The molecule has 2 aliphatic rings. The second kappa shape index (κ2) is 4.83. The first-order valence-corrected chi connectivity index (χ1v) is 6.64. The first kappa shape index (κ1) is 12.4. The third-order valence-corrected chi connectivity index (χ3v) is 3.76. The lowest BCUT2D eigenvalue weighted by atomic mass is 10.0. The van der Waals surface area contributed by atoms with Gasteiger partial charge >= 0.3 is 0 Å². The van der Waals surface area contributed by atoms with Crippen LogP contribution in [-0.2, 0) is 4.79 Å². The van der Waals surface area contributed by atoms with E-state index in [0.717, 1.165) is 11.3 Å². The lowest BCUT2D eigenvalue weighted by Gasteiger charge is -2.29. The number of carbonyl (C=O) groups is 1. The summed E-state index contributed by atoms with van der Waals surface area (Å²) in [6, 6.07) is 5.78. The van der Waals surface area contributed by atoms with Gasteiger partial charge in [0.05, 0.1) is 12.3 Å². The largest absolute Gasteiger partial charge is 0.482 e. The van der Waals surface area contributed by atoms with Gasteiger partial charge in [0.25, 0.3) is 5.91 Å². The zero-order chi connectivity index (χ0) is 13.4. The summed E-state index contributed by atoms with van der Waals surface area (Å²) in [6.45, 7) is 0.252. The minimum atomic E-state index is -0.126. The summed E-state index contributed by atoms with van der Waals surface area (Å²) in [5, 5.41) is 9.08. The Morgan fingerprint density at radius 3 is 2.95 bits per heavy atom. The molecule has 0 aromatic heterocycles. The molecule has 3 rings (SSSR count). The van der Waals surface area contributed by atoms with Crippen LogP contribution in [0.1, 0.15) is 24.4 Å². The normalized spacial score (nSPS) is 19.9. The first-order valence-electron chi connectivity index (χ1n) is 6.64. The van der Waals surface area contributed by atoms with Gasteiger partial charge in [-0.3, -0.25) is 4.79 Å². The van der Waals surface area contributed by atoms with Gasteiger partial charge in [0.2, 0.25) is 0 Å². The lowest BCUT2D eigenvalue weighted by Crippen LogP contribution is -2.40. The number of benzene rings is 1. The first-order chi connectivity index (χ1) is 9.20. The van der Waals surface area contributed by atoms with Crippen molar-refractivity contribution in [1.82, 2.24) is 0 Å². The fourth-order valence-electron chi connectivity index (χ4n) is 2.50. The van der Waals surface area contributed by atoms with Gasteiger partial charge in [0, 0.05) is 12.6 Å². The molecule has 1 atom stereocenters. The summed E-state index contributed by atoms with van der Waals surface area (Å²) in [5.41, 5.74) is 7.95. The highest BCUT2D eigenvalue weighted by Gasteiger charge is 2.31. The Balaban J connectivity index is 1.94. The molecule has 0 radical (unpaired) electrons. The number of fused-ring (bicyclic) bond motifs is 1. The number of ether oxygens (including phenoxy) is 1. The number of hydrogen-bond donors (Lipinski definition) is 2. The summed E-state index contributed by atoms with van der Waals surface area (Å²) < 4.78 is 5.41. The number of aliphatic hydroxyl groups excluding tert-OH is 1. The van der Waals surface area contributed by atoms with Gasteiger partial charge in [-0.25, -0.2) is 0 Å². The maximum Gasteiger partial charge on any atom is 0.265 e. The Hall–Kier alpha value is -1.59. The van der Waals surface area contributed by atoms with E-state index in [1.54, 1.807) is 4.90 Å². The van der Waals surface area contributed by atoms with E-state index in [1.807, 2.05) is 18.2 Å². The third-order valence-electron chi connectivity index (χ3n) is 3.76. The van der Waals surface area contributed by atoms with E-state index in [2.05, 4.69) is 0 Å². The predicted molar refractivity (Wildman–Crippen MR) is 71.0 cm³/mol. The van der Waals surface area contributed by atoms with Gasteiger partial charge in [-0.2, -0.15) is 0 Å². The summed E-state index contributed by atoms with van der Waals surface area (Å²) in [4.78, 5) is 13.4. The molecule has 1 saturated carbocycles. The molecule has 5 heteroatoms. The average Bonchev–Trinajstić information content (AvgIpc) is 3.25. The van der Waals surface area contributed by atoms with Crippen molar-refractivity contribution in [3.05, 3.63) is 23.8 Å². The summed E-state index contributed by atoms with van der Waals surface area (Å²) in [5.74, 6) is 1.11. The predicted octanol–water partition coefficient (Wildman–Crippen LogP) is 0.814. The molecule has 1 amide bonds. The molecule has 0 spiro atoms. The van der Waals surface area contributed by atoms with Crippen molar-refractivity contribution in [2.75, 3.05) is 24.7 Å². The third kappa shape index (κ3) is 2.31. The number of hydrogen-bond acceptors (Lipinski definition) is 4. The van der Waals surface area contributed by atoms with Crippen LogP contribution in [0.25, 0.3) is 0 Å². The van der Waals surface area contributed by atoms with Crippen molar-refractivity contribution >= 4 is 11.6 Å². The minimum Gasteiger partial charge on any atom is -0.482 e. The second-order valence-electron chi connectivity index (χ2n) is 5.15. The summed E-state index contributed by atoms with van der Waals surface area (Å²) in [6.07, 6.45) is 2.35. The van der Waals surface area contributed by atoms with Crippen LogP contribution in [0.15, 0.2) is 18.2 Å². The maximum absolute atomic E-state index is 11.8. The van der Waals surface area contributed by atoms with Crippen molar-refractivity contribution in [3.8, 4) is 5.75 Å². The van der Waals surface area contributed by atoms with Crippen molar-refractivity contribution < 1.29 is 14.6 Å². The zero-order valence-electron chi connectivity index (χ0n) is 10.7. The van der Waals surface area contributed by atoms with E-state index in [0.29, 0.717) is 11.7 Å². The van der Waals surface area contributed by atoms with E-state index < -0.39 is 0 Å². The molecule has 1 aromatic carbocycles. The van der Waals surface area contributed by atoms with Gasteiger partial charge in [0.1, 0.15) is 5.75 Å². The fourth-order valence-corrected chi connectivity index (χ4v) is 2.50. The molecule has 1 aliphatic carbocycles. The van der Waals surface area contributed by atoms with Gasteiger partial charge in [-0.15, -0.1) is 0 Å². The van der Waals surface area contributed by atoms with Gasteiger partial charge < -0.3 is 20.5 Å². The number of aliphatic hydroxyl groups is 1. The molecule has 1 unspecified atom stereocenters. The molecular formula is C14H18N2O3.